The minimum atomic E-state index is -0.686. The highest BCUT2D eigenvalue weighted by atomic mass is 35.5. The average molecular weight is 321 g/mol. The van der Waals surface area contributed by atoms with Gasteiger partial charge in [0.15, 0.2) is 0 Å². The highest BCUT2D eigenvalue weighted by molar-refractivity contribution is 6.32. The van der Waals surface area contributed by atoms with E-state index >= 15 is 0 Å². The summed E-state index contributed by atoms with van der Waals surface area (Å²) in [6.45, 7) is 5.18. The lowest BCUT2D eigenvalue weighted by atomic mass is 10.1. The normalized spacial score (nSPS) is 11.8. The van der Waals surface area contributed by atoms with Gasteiger partial charge >= 0.3 is 0 Å². The van der Waals surface area contributed by atoms with Crippen molar-refractivity contribution in [3.05, 3.63) is 41.2 Å². The minimum absolute atomic E-state index is 0.328. The molecule has 3 N–H and O–H groups in total. The van der Waals surface area contributed by atoms with Crippen LogP contribution in [0.4, 0.5) is 11.4 Å². The van der Waals surface area contributed by atoms with Crippen LogP contribution >= 0.6 is 11.6 Å². The smallest absolute Gasteiger partial charge is 0.257 e. The van der Waals surface area contributed by atoms with Crippen LogP contribution in [0.1, 0.15) is 28.7 Å². The van der Waals surface area contributed by atoms with E-state index in [0.29, 0.717) is 22.6 Å². The molecule has 0 aliphatic heterocycles. The number of rotatable bonds is 4. The summed E-state index contributed by atoms with van der Waals surface area (Å²) in [6, 6.07) is 6.75. The van der Waals surface area contributed by atoms with Gasteiger partial charge in [-0.15, -0.1) is 11.6 Å². The number of hydrogen-bond donors (Lipinski definition) is 3. The molecule has 2 aromatic rings. The molecule has 2 rings (SSSR count). The molecule has 0 radical (unpaired) electrons. The van der Waals surface area contributed by atoms with Gasteiger partial charge in [-0.3, -0.25) is 14.7 Å². The molecule has 2 amide bonds. The zero-order chi connectivity index (χ0) is 16.3. The van der Waals surface area contributed by atoms with E-state index in [1.54, 1.807) is 38.1 Å². The van der Waals surface area contributed by atoms with Crippen LogP contribution in [-0.4, -0.2) is 27.4 Å². The van der Waals surface area contributed by atoms with Crippen LogP contribution in [0, 0.1) is 13.8 Å². The van der Waals surface area contributed by atoms with Gasteiger partial charge in [-0.25, -0.2) is 0 Å². The second-order valence-corrected chi connectivity index (χ2v) is 5.57. The zero-order valence-electron chi connectivity index (χ0n) is 12.5. The lowest BCUT2D eigenvalue weighted by Crippen LogP contribution is -2.23. The van der Waals surface area contributed by atoms with Gasteiger partial charge in [0.1, 0.15) is 5.38 Å². The maximum atomic E-state index is 12.5. The minimum Gasteiger partial charge on any atom is -0.324 e. The van der Waals surface area contributed by atoms with Crippen molar-refractivity contribution in [3.63, 3.8) is 0 Å². The number of nitrogens with one attached hydrogen (secondary N) is 3. The van der Waals surface area contributed by atoms with Crippen molar-refractivity contribution in [1.82, 2.24) is 10.2 Å². The number of aromatic amines is 1. The molecule has 0 saturated heterocycles. The van der Waals surface area contributed by atoms with Crippen molar-refractivity contribution in [2.24, 2.45) is 0 Å². The molecule has 1 atom stereocenters. The molecule has 22 heavy (non-hydrogen) atoms. The Labute approximate surface area is 133 Å². The van der Waals surface area contributed by atoms with Gasteiger partial charge in [0.05, 0.1) is 28.3 Å². The Bertz CT molecular complexity index is 690. The highest BCUT2D eigenvalue weighted by Crippen LogP contribution is 2.21. The van der Waals surface area contributed by atoms with E-state index in [1.807, 2.05) is 6.92 Å². The fraction of sp³-hybridized carbons (Fsp3) is 0.267. The fourth-order valence-electron chi connectivity index (χ4n) is 1.94. The molecule has 1 aromatic carbocycles. The van der Waals surface area contributed by atoms with Gasteiger partial charge in [-0.2, -0.15) is 5.10 Å². The van der Waals surface area contributed by atoms with E-state index in [-0.39, 0.29) is 11.8 Å². The van der Waals surface area contributed by atoms with Crippen molar-refractivity contribution in [2.45, 2.75) is 26.1 Å². The highest BCUT2D eigenvalue weighted by Gasteiger charge is 2.17. The summed E-state index contributed by atoms with van der Waals surface area (Å²) >= 11 is 5.74. The molecule has 116 valence electrons. The summed E-state index contributed by atoms with van der Waals surface area (Å²) in [7, 11) is 0. The molecule has 7 heteroatoms. The van der Waals surface area contributed by atoms with Gasteiger partial charge in [0, 0.05) is 0 Å². The largest absolute Gasteiger partial charge is 0.324 e. The number of alkyl halides is 1. The molecule has 0 saturated carbocycles. The Balaban J connectivity index is 2.25. The van der Waals surface area contributed by atoms with Gasteiger partial charge in [-0.1, -0.05) is 12.1 Å². The van der Waals surface area contributed by atoms with Gasteiger partial charge in [-0.05, 0) is 32.9 Å². The van der Waals surface area contributed by atoms with Gasteiger partial charge in [0.25, 0.3) is 5.91 Å². The third kappa shape index (κ3) is 3.46. The SMILES string of the molecule is Cc1n[nH]c(C)c1NC(=O)c1ccccc1NC(=O)C(C)Cl. The number of carbonyl (C=O) groups is 2. The molecule has 0 aliphatic carbocycles. The first-order valence-electron chi connectivity index (χ1n) is 6.77. The number of para-hydroxylation sites is 1. The van der Waals surface area contributed by atoms with Crippen LogP contribution in [-0.2, 0) is 4.79 Å². The van der Waals surface area contributed by atoms with Crippen LogP contribution in [0.3, 0.4) is 0 Å². The van der Waals surface area contributed by atoms with Crippen molar-refractivity contribution in [3.8, 4) is 0 Å². The second kappa shape index (κ2) is 6.62. The first-order valence-corrected chi connectivity index (χ1v) is 7.20. The van der Waals surface area contributed by atoms with E-state index in [1.165, 1.54) is 0 Å². The number of nitrogens with zero attached hydrogens (tertiary/aromatic N) is 1. The summed E-state index contributed by atoms with van der Waals surface area (Å²) in [5, 5.41) is 11.6. The van der Waals surface area contributed by atoms with Crippen LogP contribution < -0.4 is 10.6 Å². The monoisotopic (exact) mass is 320 g/mol. The Morgan fingerprint density at radius 2 is 1.91 bits per heavy atom. The maximum absolute atomic E-state index is 12.5. The Hall–Kier alpha value is -2.34. The summed E-state index contributed by atoms with van der Waals surface area (Å²) in [4.78, 5) is 24.2. The Morgan fingerprint density at radius 3 is 2.50 bits per heavy atom. The lowest BCUT2D eigenvalue weighted by molar-refractivity contribution is -0.115. The number of H-pyrrole nitrogens is 1. The second-order valence-electron chi connectivity index (χ2n) is 4.91. The van der Waals surface area contributed by atoms with Crippen molar-refractivity contribution >= 4 is 34.8 Å². The number of amides is 2. The van der Waals surface area contributed by atoms with Crippen molar-refractivity contribution in [2.75, 3.05) is 10.6 Å². The predicted octanol–water partition coefficient (Wildman–Crippen LogP) is 2.84. The Kier molecular flexibility index (Phi) is 4.82. The molecule has 0 aliphatic rings. The Morgan fingerprint density at radius 1 is 1.23 bits per heavy atom. The summed E-state index contributed by atoms with van der Waals surface area (Å²) in [5.41, 5.74) is 2.87. The number of anilines is 2. The molecule has 0 fully saturated rings. The topological polar surface area (TPSA) is 86.9 Å². The molecule has 0 bridgehead atoms. The van der Waals surface area contributed by atoms with E-state index in [9.17, 15) is 9.59 Å². The van der Waals surface area contributed by atoms with E-state index in [2.05, 4.69) is 20.8 Å². The average Bonchev–Trinajstić information content (AvgIpc) is 2.79. The number of hydrogen-bond acceptors (Lipinski definition) is 3. The standard InChI is InChI=1S/C15H17ClN4O2/c1-8(16)14(21)17-12-7-5-4-6-11(12)15(22)18-13-9(2)19-20-10(13)3/h4-8H,1-3H3,(H,17,21)(H,18,22)(H,19,20). The van der Waals surface area contributed by atoms with Crippen molar-refractivity contribution in [1.29, 1.82) is 0 Å². The molecule has 1 aromatic heterocycles. The van der Waals surface area contributed by atoms with Crippen LogP contribution in [0.5, 0.6) is 0 Å². The summed E-state index contributed by atoms with van der Waals surface area (Å²) in [5.74, 6) is -0.691. The zero-order valence-corrected chi connectivity index (χ0v) is 13.3. The number of aryl methyl sites for hydroxylation is 2. The molecular formula is C15H17ClN4O2. The third-order valence-corrected chi connectivity index (χ3v) is 3.36. The number of halogens is 1. The van der Waals surface area contributed by atoms with Crippen LogP contribution in [0.25, 0.3) is 0 Å². The molecule has 6 nitrogen and oxygen atoms in total. The van der Waals surface area contributed by atoms with E-state index in [4.69, 9.17) is 11.6 Å². The number of benzene rings is 1. The maximum Gasteiger partial charge on any atom is 0.257 e. The summed E-state index contributed by atoms with van der Waals surface area (Å²) < 4.78 is 0. The predicted molar refractivity (Wildman–Crippen MR) is 86.4 cm³/mol. The van der Waals surface area contributed by atoms with Gasteiger partial charge < -0.3 is 10.6 Å². The molecule has 0 spiro atoms. The molecular weight excluding hydrogens is 304 g/mol. The van der Waals surface area contributed by atoms with Crippen LogP contribution in [0.2, 0.25) is 0 Å². The number of carbonyl (C=O) groups excluding carboxylic acids is 2. The lowest BCUT2D eigenvalue weighted by Gasteiger charge is -2.12. The molecule has 1 unspecified atom stereocenters. The van der Waals surface area contributed by atoms with E-state index < -0.39 is 5.38 Å². The first kappa shape index (κ1) is 16.0. The van der Waals surface area contributed by atoms with Crippen LogP contribution in [0.15, 0.2) is 24.3 Å². The third-order valence-electron chi connectivity index (χ3n) is 3.16. The van der Waals surface area contributed by atoms with Crippen molar-refractivity contribution < 1.29 is 9.59 Å². The fourth-order valence-corrected chi connectivity index (χ4v) is 1.99. The number of aromatic nitrogens is 2. The quantitative estimate of drug-likeness (QED) is 0.757. The first-order chi connectivity index (χ1) is 10.4. The van der Waals surface area contributed by atoms with Gasteiger partial charge in [0.2, 0.25) is 5.91 Å². The molecule has 1 heterocycles. The van der Waals surface area contributed by atoms with E-state index in [0.717, 1.165) is 5.69 Å². The summed E-state index contributed by atoms with van der Waals surface area (Å²) in [6.07, 6.45) is 0.